The van der Waals surface area contributed by atoms with Gasteiger partial charge in [-0.3, -0.25) is 10.1 Å². The van der Waals surface area contributed by atoms with Gasteiger partial charge in [0.05, 0.1) is 11.5 Å². The number of nitrogens with zero attached hydrogens (tertiary/aromatic N) is 1. The standard InChI is InChI=1S/C6H5NO3.C6H12O6/c8-6-4-2-1-3-5(6)7(9)10;7-1-2-3(8)4(9)5(10)6(11)12-2/h1-4,8H;2-11H,1H2/t;2-,3-,4+,5-,6-/m.1/s1. The zero-order valence-electron chi connectivity index (χ0n) is 11.3. The zero-order valence-corrected chi connectivity index (χ0v) is 11.3. The van der Waals surface area contributed by atoms with E-state index in [4.69, 9.17) is 30.6 Å². The molecule has 0 radical (unpaired) electrons. The Kier molecular flexibility index (Phi) is 6.61. The Hall–Kier alpha value is -1.82. The van der Waals surface area contributed by atoms with Gasteiger partial charge in [-0.15, -0.1) is 0 Å². The summed E-state index contributed by atoms with van der Waals surface area (Å²) in [6.07, 6.45) is -7.04. The van der Waals surface area contributed by atoms with E-state index in [9.17, 15) is 10.1 Å². The van der Waals surface area contributed by atoms with Crippen LogP contribution in [0.1, 0.15) is 0 Å². The van der Waals surface area contributed by atoms with Gasteiger partial charge in [0, 0.05) is 6.07 Å². The third-order valence-electron chi connectivity index (χ3n) is 2.95. The monoisotopic (exact) mass is 319 g/mol. The molecule has 5 atom stereocenters. The molecule has 0 bridgehead atoms. The van der Waals surface area contributed by atoms with E-state index in [1.807, 2.05) is 0 Å². The van der Waals surface area contributed by atoms with Crippen LogP contribution in [0, 0.1) is 10.1 Å². The molecule has 0 spiro atoms. The Balaban J connectivity index is 0.000000224. The summed E-state index contributed by atoms with van der Waals surface area (Å²) >= 11 is 0. The number of aliphatic hydroxyl groups excluding tert-OH is 5. The van der Waals surface area contributed by atoms with E-state index in [0.29, 0.717) is 0 Å². The van der Waals surface area contributed by atoms with Gasteiger partial charge in [-0.2, -0.15) is 0 Å². The number of phenols is 1. The van der Waals surface area contributed by atoms with Crippen LogP contribution in [0.25, 0.3) is 0 Å². The molecule has 0 amide bonds. The van der Waals surface area contributed by atoms with Gasteiger partial charge in [-0.05, 0) is 6.07 Å². The zero-order chi connectivity index (χ0) is 16.9. The smallest absolute Gasteiger partial charge is 0.310 e. The Morgan fingerprint density at radius 2 is 1.68 bits per heavy atom. The highest BCUT2D eigenvalue weighted by atomic mass is 16.6. The van der Waals surface area contributed by atoms with E-state index in [0.717, 1.165) is 0 Å². The number of aliphatic hydroxyl groups is 5. The SMILES string of the molecule is O=[N+]([O-])c1ccccc1O.OC[C@H]1O[C@@H](O)[C@H](O)[C@@H](O)[C@@H]1O. The highest BCUT2D eigenvalue weighted by Gasteiger charge is 2.42. The molecule has 6 N–H and O–H groups in total. The van der Waals surface area contributed by atoms with Gasteiger partial charge in [0.1, 0.15) is 24.4 Å². The highest BCUT2D eigenvalue weighted by molar-refractivity contribution is 5.44. The van der Waals surface area contributed by atoms with E-state index in [1.54, 1.807) is 0 Å². The lowest BCUT2D eigenvalue weighted by Gasteiger charge is -2.37. The van der Waals surface area contributed by atoms with E-state index >= 15 is 0 Å². The van der Waals surface area contributed by atoms with E-state index < -0.39 is 42.2 Å². The van der Waals surface area contributed by atoms with Gasteiger partial charge in [0.25, 0.3) is 0 Å². The first-order valence-corrected chi connectivity index (χ1v) is 6.20. The van der Waals surface area contributed by atoms with Crippen LogP contribution in [0.3, 0.4) is 0 Å². The Morgan fingerprint density at radius 3 is 2.14 bits per heavy atom. The van der Waals surface area contributed by atoms with Crippen LogP contribution in [0.4, 0.5) is 5.69 Å². The lowest BCUT2D eigenvalue weighted by molar-refractivity contribution is -0.385. The van der Waals surface area contributed by atoms with Crippen LogP contribution in [0.2, 0.25) is 0 Å². The molecular formula is C12H17NO9. The molecule has 0 aliphatic carbocycles. The summed E-state index contributed by atoms with van der Waals surface area (Å²) in [6.45, 7) is -0.526. The van der Waals surface area contributed by atoms with Crippen molar-refractivity contribution >= 4 is 5.69 Å². The normalized spacial score (nSPS) is 31.0. The lowest BCUT2D eigenvalue weighted by atomic mass is 10.00. The number of rotatable bonds is 2. The summed E-state index contributed by atoms with van der Waals surface area (Å²) in [5.74, 6) is -0.299. The van der Waals surface area contributed by atoms with Gasteiger partial charge in [0.15, 0.2) is 12.0 Å². The summed E-state index contributed by atoms with van der Waals surface area (Å²) in [5.41, 5.74) is -0.262. The summed E-state index contributed by atoms with van der Waals surface area (Å²) in [4.78, 5) is 9.44. The number of nitro groups is 1. The highest BCUT2D eigenvalue weighted by Crippen LogP contribution is 2.23. The summed E-state index contributed by atoms with van der Waals surface area (Å²) in [6, 6.07) is 5.55. The van der Waals surface area contributed by atoms with E-state index in [-0.39, 0.29) is 11.4 Å². The first kappa shape index (κ1) is 18.2. The van der Waals surface area contributed by atoms with Gasteiger partial charge in [-0.1, -0.05) is 12.1 Å². The van der Waals surface area contributed by atoms with Crippen molar-refractivity contribution in [1.29, 1.82) is 0 Å². The first-order valence-electron chi connectivity index (χ1n) is 6.20. The molecule has 1 saturated heterocycles. The van der Waals surface area contributed by atoms with Crippen molar-refractivity contribution in [3.63, 3.8) is 0 Å². The number of hydrogen-bond acceptors (Lipinski definition) is 9. The molecule has 22 heavy (non-hydrogen) atoms. The largest absolute Gasteiger partial charge is 0.502 e. The minimum Gasteiger partial charge on any atom is -0.502 e. The molecule has 10 nitrogen and oxygen atoms in total. The third kappa shape index (κ3) is 4.34. The second kappa shape index (κ2) is 7.98. The molecule has 1 aromatic carbocycles. The molecule has 1 aromatic rings. The van der Waals surface area contributed by atoms with Gasteiger partial charge < -0.3 is 35.4 Å². The summed E-state index contributed by atoms with van der Waals surface area (Å²) in [7, 11) is 0. The number of benzene rings is 1. The van der Waals surface area contributed by atoms with Crippen LogP contribution < -0.4 is 0 Å². The number of ether oxygens (including phenoxy) is 1. The fourth-order valence-corrected chi connectivity index (χ4v) is 1.70. The van der Waals surface area contributed by atoms with Crippen molar-refractivity contribution in [3.05, 3.63) is 34.4 Å². The van der Waals surface area contributed by atoms with Gasteiger partial charge in [0.2, 0.25) is 0 Å². The number of phenolic OH excluding ortho intramolecular Hbond substituents is 1. The molecular weight excluding hydrogens is 302 g/mol. The maximum Gasteiger partial charge on any atom is 0.310 e. The van der Waals surface area contributed by atoms with E-state index in [1.165, 1.54) is 24.3 Å². The van der Waals surface area contributed by atoms with Crippen molar-refractivity contribution in [3.8, 4) is 5.75 Å². The van der Waals surface area contributed by atoms with Crippen molar-refractivity contribution < 1.29 is 40.3 Å². The number of aromatic hydroxyl groups is 1. The summed E-state index contributed by atoms with van der Waals surface area (Å²) < 4.78 is 4.58. The molecule has 1 aliphatic heterocycles. The average Bonchev–Trinajstić information content (AvgIpc) is 2.49. The molecule has 1 fully saturated rings. The molecule has 0 aromatic heterocycles. The lowest BCUT2D eigenvalue weighted by Crippen LogP contribution is -2.58. The molecule has 10 heteroatoms. The van der Waals surface area contributed by atoms with Crippen LogP contribution in [-0.4, -0.2) is 72.9 Å². The fraction of sp³-hybridized carbons (Fsp3) is 0.500. The fourth-order valence-electron chi connectivity index (χ4n) is 1.70. The van der Waals surface area contributed by atoms with Crippen LogP contribution in [0.5, 0.6) is 5.75 Å². The topological polar surface area (TPSA) is 174 Å². The maximum absolute atomic E-state index is 10.1. The Bertz CT molecular complexity index is 492. The van der Waals surface area contributed by atoms with Crippen LogP contribution in [0.15, 0.2) is 24.3 Å². The Morgan fingerprint density at radius 1 is 1.09 bits per heavy atom. The Labute approximate surface area is 124 Å². The number of para-hydroxylation sites is 2. The average molecular weight is 319 g/mol. The molecule has 1 heterocycles. The van der Waals surface area contributed by atoms with E-state index in [2.05, 4.69) is 4.74 Å². The maximum atomic E-state index is 10.1. The van der Waals surface area contributed by atoms with Crippen LogP contribution in [-0.2, 0) is 4.74 Å². The molecule has 0 unspecified atom stereocenters. The van der Waals surface area contributed by atoms with Gasteiger partial charge >= 0.3 is 5.69 Å². The van der Waals surface area contributed by atoms with Gasteiger partial charge in [-0.25, -0.2) is 0 Å². The quantitative estimate of drug-likeness (QED) is 0.268. The minimum absolute atomic E-state index is 0.262. The molecule has 2 rings (SSSR count). The second-order valence-corrected chi connectivity index (χ2v) is 4.47. The predicted octanol–water partition coefficient (Wildman–Crippen LogP) is -1.92. The second-order valence-electron chi connectivity index (χ2n) is 4.47. The number of hydrogen-bond donors (Lipinski definition) is 6. The molecule has 0 saturated carbocycles. The minimum atomic E-state index is -1.57. The molecule has 1 aliphatic rings. The van der Waals surface area contributed by atoms with Crippen molar-refractivity contribution in [2.75, 3.05) is 6.61 Å². The predicted molar refractivity (Wildman–Crippen MR) is 70.7 cm³/mol. The number of nitro benzene ring substituents is 1. The summed E-state index contributed by atoms with van der Waals surface area (Å²) in [5, 5.41) is 63.6. The van der Waals surface area contributed by atoms with Crippen molar-refractivity contribution in [2.45, 2.75) is 30.7 Å². The van der Waals surface area contributed by atoms with Crippen LogP contribution >= 0.6 is 0 Å². The first-order chi connectivity index (χ1) is 10.3. The third-order valence-corrected chi connectivity index (χ3v) is 2.95. The van der Waals surface area contributed by atoms with Crippen molar-refractivity contribution in [2.24, 2.45) is 0 Å². The molecule has 124 valence electrons. The van der Waals surface area contributed by atoms with Crippen molar-refractivity contribution in [1.82, 2.24) is 0 Å².